The van der Waals surface area contributed by atoms with Gasteiger partial charge in [-0.2, -0.15) is 0 Å². The molecule has 4 nitrogen and oxygen atoms in total. The molecule has 0 amide bonds. The monoisotopic (exact) mass is 368 g/mol. The second-order valence-corrected chi connectivity index (χ2v) is 6.09. The Balaban J connectivity index is 3.48. The van der Waals surface area contributed by atoms with Gasteiger partial charge in [0.1, 0.15) is 10.6 Å². The number of rotatable bonds is 2. The number of hydrogen-bond donors (Lipinski definition) is 1. The minimum absolute atomic E-state index is 0.0482. The molecule has 84 valence electrons. The van der Waals surface area contributed by atoms with E-state index in [1.807, 2.05) is 0 Å². The summed E-state index contributed by atoms with van der Waals surface area (Å²) in [6.07, 6.45) is -2.09. The first-order valence-electron chi connectivity index (χ1n) is 3.42. The fourth-order valence-electron chi connectivity index (χ4n) is 0.843. The molecule has 0 saturated heterocycles. The third kappa shape index (κ3) is 2.67. The normalized spacial score (nSPS) is 12.1. The lowest BCUT2D eigenvalue weighted by Gasteiger charge is -2.07. The Labute approximate surface area is 102 Å². The molecule has 15 heavy (non-hydrogen) atoms. The molecule has 0 bridgehead atoms. The predicted molar refractivity (Wildman–Crippen MR) is 59.4 cm³/mol. The number of alkyl halides is 2. The van der Waals surface area contributed by atoms with Crippen molar-refractivity contribution in [2.45, 2.75) is 11.3 Å². The van der Waals surface area contributed by atoms with Gasteiger partial charge in [-0.1, -0.05) is 0 Å². The minimum Gasteiger partial charge on any atom is -0.396 e. The molecule has 1 rings (SSSR count). The summed E-state index contributed by atoms with van der Waals surface area (Å²) < 4.78 is 46.5. The Morgan fingerprint density at radius 1 is 1.53 bits per heavy atom. The average Bonchev–Trinajstić information content (AvgIpc) is 2.06. The van der Waals surface area contributed by atoms with E-state index in [2.05, 4.69) is 4.98 Å². The highest BCUT2D eigenvalue weighted by Gasteiger charge is 2.22. The molecule has 0 saturated carbocycles. The zero-order valence-electron chi connectivity index (χ0n) is 6.92. The van der Waals surface area contributed by atoms with E-state index >= 15 is 0 Å². The van der Waals surface area contributed by atoms with Gasteiger partial charge in [-0.15, -0.1) is 0 Å². The number of aromatic nitrogens is 1. The summed E-state index contributed by atoms with van der Waals surface area (Å²) in [6, 6.07) is 0. The topological polar surface area (TPSA) is 73.0 Å². The molecule has 0 fully saturated rings. The first-order chi connectivity index (χ1) is 6.75. The van der Waals surface area contributed by atoms with Crippen molar-refractivity contribution in [3.05, 3.63) is 15.5 Å². The zero-order valence-corrected chi connectivity index (χ0v) is 10.6. The van der Waals surface area contributed by atoms with Crippen LogP contribution >= 0.6 is 33.3 Å². The first-order valence-corrected chi connectivity index (χ1v) is 6.80. The van der Waals surface area contributed by atoms with E-state index in [0.29, 0.717) is 0 Å². The van der Waals surface area contributed by atoms with Gasteiger partial charge in [0.25, 0.3) is 15.5 Å². The fourth-order valence-corrected chi connectivity index (χ4v) is 3.37. The van der Waals surface area contributed by atoms with Crippen LogP contribution in [0.1, 0.15) is 12.1 Å². The van der Waals surface area contributed by atoms with E-state index in [0.717, 1.165) is 6.20 Å². The largest absolute Gasteiger partial charge is 0.396 e. The van der Waals surface area contributed by atoms with Crippen molar-refractivity contribution >= 4 is 48.0 Å². The summed E-state index contributed by atoms with van der Waals surface area (Å²) in [7, 11) is 1.03. The van der Waals surface area contributed by atoms with Crippen LogP contribution in [0.5, 0.6) is 0 Å². The molecule has 1 aromatic rings. The molecular formula is C6H4ClF2IN2O2S. The predicted octanol–water partition coefficient (Wildman–Crippen LogP) is 2.13. The molecule has 2 N–H and O–H groups in total. The fraction of sp³-hybridized carbons (Fsp3) is 0.167. The van der Waals surface area contributed by atoms with Crippen molar-refractivity contribution in [2.75, 3.05) is 5.73 Å². The molecule has 0 aliphatic rings. The van der Waals surface area contributed by atoms with Gasteiger partial charge < -0.3 is 5.73 Å². The lowest BCUT2D eigenvalue weighted by molar-refractivity contribution is 0.147. The summed E-state index contributed by atoms with van der Waals surface area (Å²) in [5, 5.41) is 0. The molecule has 0 aliphatic carbocycles. The molecule has 1 heterocycles. The van der Waals surface area contributed by atoms with Crippen molar-refractivity contribution < 1.29 is 17.2 Å². The van der Waals surface area contributed by atoms with Gasteiger partial charge in [0.2, 0.25) is 0 Å². The average molecular weight is 369 g/mol. The number of halogens is 4. The smallest absolute Gasteiger partial charge is 0.282 e. The molecule has 0 atom stereocenters. The Morgan fingerprint density at radius 2 is 2.07 bits per heavy atom. The van der Waals surface area contributed by atoms with Crippen LogP contribution in [0, 0.1) is 3.57 Å². The standard InChI is InChI=1S/C6H4ClF2IN2O2S/c7-15(13,14)2-1-12-5(6(8)9)4(11)3(2)10/h1,6H,11H2. The molecule has 0 aromatic carbocycles. The van der Waals surface area contributed by atoms with Gasteiger partial charge in [0.05, 0.1) is 9.26 Å². The molecule has 0 spiro atoms. The van der Waals surface area contributed by atoms with E-state index in [1.54, 1.807) is 0 Å². The van der Waals surface area contributed by atoms with Gasteiger partial charge in [-0.3, -0.25) is 4.98 Å². The molecular weight excluding hydrogens is 364 g/mol. The lowest BCUT2D eigenvalue weighted by atomic mass is 10.3. The number of nitrogens with two attached hydrogens (primary N) is 1. The highest BCUT2D eigenvalue weighted by molar-refractivity contribution is 14.1. The number of anilines is 1. The number of pyridine rings is 1. The highest BCUT2D eigenvalue weighted by atomic mass is 127. The van der Waals surface area contributed by atoms with Crippen molar-refractivity contribution in [1.82, 2.24) is 4.98 Å². The minimum atomic E-state index is -4.02. The summed E-state index contributed by atoms with van der Waals surface area (Å²) in [6.45, 7) is 0. The highest BCUT2D eigenvalue weighted by Crippen LogP contribution is 2.31. The Morgan fingerprint density at radius 3 is 2.47 bits per heavy atom. The Kier molecular flexibility index (Phi) is 3.71. The zero-order chi connectivity index (χ0) is 11.8. The number of hydrogen-bond acceptors (Lipinski definition) is 4. The summed E-state index contributed by atoms with van der Waals surface area (Å²) in [4.78, 5) is 2.89. The van der Waals surface area contributed by atoms with E-state index in [9.17, 15) is 17.2 Å². The van der Waals surface area contributed by atoms with E-state index in [1.165, 1.54) is 22.6 Å². The van der Waals surface area contributed by atoms with Gasteiger partial charge >= 0.3 is 0 Å². The Bertz CT molecular complexity index is 494. The molecule has 9 heteroatoms. The maximum Gasteiger partial charge on any atom is 0.282 e. The van der Waals surface area contributed by atoms with E-state index in [-0.39, 0.29) is 14.2 Å². The van der Waals surface area contributed by atoms with Crippen LogP contribution in [0.4, 0.5) is 14.5 Å². The first kappa shape index (κ1) is 12.8. The van der Waals surface area contributed by atoms with Gasteiger partial charge in [-0.25, -0.2) is 17.2 Å². The third-order valence-electron chi connectivity index (χ3n) is 1.52. The van der Waals surface area contributed by atoms with Crippen LogP contribution in [0.3, 0.4) is 0 Å². The number of nitrogen functional groups attached to an aromatic ring is 1. The third-order valence-corrected chi connectivity index (χ3v) is 4.38. The summed E-state index contributed by atoms with van der Waals surface area (Å²) in [5.74, 6) is 0. The molecule has 0 aliphatic heterocycles. The second-order valence-electron chi connectivity index (χ2n) is 2.47. The summed E-state index contributed by atoms with van der Waals surface area (Å²) in [5.41, 5.74) is 4.29. The van der Waals surface area contributed by atoms with Gasteiger partial charge in [0, 0.05) is 16.9 Å². The van der Waals surface area contributed by atoms with Gasteiger partial charge in [-0.05, 0) is 22.6 Å². The van der Waals surface area contributed by atoms with Crippen molar-refractivity contribution in [3.63, 3.8) is 0 Å². The molecule has 0 radical (unpaired) electrons. The van der Waals surface area contributed by atoms with Crippen LogP contribution < -0.4 is 5.73 Å². The van der Waals surface area contributed by atoms with Gasteiger partial charge in [0.15, 0.2) is 0 Å². The molecule has 0 unspecified atom stereocenters. The Hall–Kier alpha value is -0.220. The van der Waals surface area contributed by atoms with Crippen molar-refractivity contribution in [3.8, 4) is 0 Å². The van der Waals surface area contributed by atoms with E-state index < -0.39 is 21.2 Å². The maximum atomic E-state index is 12.3. The summed E-state index contributed by atoms with van der Waals surface area (Å²) >= 11 is 1.53. The van der Waals surface area contributed by atoms with Crippen LogP contribution in [0.15, 0.2) is 11.1 Å². The maximum absolute atomic E-state index is 12.3. The van der Waals surface area contributed by atoms with Crippen LogP contribution in [0.25, 0.3) is 0 Å². The van der Waals surface area contributed by atoms with Crippen molar-refractivity contribution in [2.24, 2.45) is 0 Å². The van der Waals surface area contributed by atoms with E-state index in [4.69, 9.17) is 16.4 Å². The number of nitrogens with zero attached hydrogens (tertiary/aromatic N) is 1. The van der Waals surface area contributed by atoms with Crippen LogP contribution in [-0.4, -0.2) is 13.4 Å². The molecule has 1 aromatic heterocycles. The quantitative estimate of drug-likeness (QED) is 0.641. The van der Waals surface area contributed by atoms with Crippen molar-refractivity contribution in [1.29, 1.82) is 0 Å². The lowest BCUT2D eigenvalue weighted by Crippen LogP contribution is -2.06. The SMILES string of the molecule is Nc1c(C(F)F)ncc(S(=O)(=O)Cl)c1I. The van der Waals surface area contributed by atoms with Crippen LogP contribution in [-0.2, 0) is 9.05 Å². The second kappa shape index (κ2) is 4.34. The van der Waals surface area contributed by atoms with Crippen LogP contribution in [0.2, 0.25) is 0 Å².